The Hall–Kier alpha value is -2.37. The molecular formula is C17H22N4O2. The van der Waals surface area contributed by atoms with Gasteiger partial charge in [0.1, 0.15) is 5.65 Å². The molecule has 2 amide bonds. The Kier molecular flexibility index (Phi) is 4.32. The highest BCUT2D eigenvalue weighted by Crippen LogP contribution is 2.28. The minimum absolute atomic E-state index is 0.00744. The van der Waals surface area contributed by atoms with Gasteiger partial charge in [0.15, 0.2) is 0 Å². The largest absolute Gasteiger partial charge is 0.369 e. The summed E-state index contributed by atoms with van der Waals surface area (Å²) in [6, 6.07) is 3.60. The van der Waals surface area contributed by atoms with Crippen LogP contribution >= 0.6 is 0 Å². The van der Waals surface area contributed by atoms with Crippen molar-refractivity contribution in [2.45, 2.75) is 32.6 Å². The molecule has 0 bridgehead atoms. The Balaban J connectivity index is 1.55. The van der Waals surface area contributed by atoms with E-state index in [2.05, 4.69) is 10.3 Å². The van der Waals surface area contributed by atoms with Crippen LogP contribution in [0.1, 0.15) is 41.7 Å². The average Bonchev–Trinajstić information content (AvgIpc) is 2.93. The number of aromatic nitrogens is 2. The molecule has 3 N–H and O–H groups in total. The minimum Gasteiger partial charge on any atom is -0.369 e. The van der Waals surface area contributed by atoms with Gasteiger partial charge in [-0.25, -0.2) is 4.98 Å². The van der Waals surface area contributed by atoms with Crippen LogP contribution in [0.5, 0.6) is 0 Å². The fourth-order valence-corrected chi connectivity index (χ4v) is 3.24. The van der Waals surface area contributed by atoms with Crippen molar-refractivity contribution < 1.29 is 9.59 Å². The third kappa shape index (κ3) is 3.36. The highest BCUT2D eigenvalue weighted by Gasteiger charge is 2.24. The fraction of sp³-hybridized carbons (Fsp3) is 0.471. The molecule has 2 heterocycles. The summed E-state index contributed by atoms with van der Waals surface area (Å²) in [5.74, 6) is 0.154. The number of nitrogens with two attached hydrogens (primary N) is 1. The van der Waals surface area contributed by atoms with E-state index in [1.165, 1.54) is 0 Å². The number of amides is 2. The van der Waals surface area contributed by atoms with Crippen LogP contribution in [0.4, 0.5) is 0 Å². The molecule has 0 aliphatic heterocycles. The molecule has 1 fully saturated rings. The maximum Gasteiger partial charge on any atom is 0.251 e. The second-order valence-electron chi connectivity index (χ2n) is 6.37. The SMILES string of the molecule is Cc1cnc2cc(C(=O)NCC3CCC(C(N)=O)CC3)ccn12. The maximum atomic E-state index is 12.3. The van der Waals surface area contributed by atoms with Crippen molar-refractivity contribution in [3.63, 3.8) is 0 Å². The van der Waals surface area contributed by atoms with Crippen molar-refractivity contribution in [2.24, 2.45) is 17.6 Å². The van der Waals surface area contributed by atoms with Gasteiger partial charge in [-0.1, -0.05) is 0 Å². The Labute approximate surface area is 135 Å². The van der Waals surface area contributed by atoms with E-state index >= 15 is 0 Å². The summed E-state index contributed by atoms with van der Waals surface area (Å²) < 4.78 is 1.95. The summed E-state index contributed by atoms with van der Waals surface area (Å²) >= 11 is 0. The van der Waals surface area contributed by atoms with Crippen LogP contribution in [-0.2, 0) is 4.79 Å². The van der Waals surface area contributed by atoms with E-state index in [4.69, 9.17) is 5.73 Å². The van der Waals surface area contributed by atoms with Gasteiger partial charge < -0.3 is 15.5 Å². The van der Waals surface area contributed by atoms with Gasteiger partial charge in [-0.05, 0) is 50.7 Å². The summed E-state index contributed by atoms with van der Waals surface area (Å²) in [6.45, 7) is 2.62. The van der Waals surface area contributed by atoms with Crippen LogP contribution in [0.3, 0.4) is 0 Å². The van der Waals surface area contributed by atoms with E-state index in [1.807, 2.05) is 17.5 Å². The van der Waals surface area contributed by atoms with Crippen LogP contribution < -0.4 is 11.1 Å². The summed E-state index contributed by atoms with van der Waals surface area (Å²) in [5, 5.41) is 2.99. The molecule has 2 aromatic heterocycles. The van der Waals surface area contributed by atoms with E-state index < -0.39 is 0 Å². The zero-order valence-electron chi connectivity index (χ0n) is 13.3. The molecule has 0 spiro atoms. The molecule has 0 aromatic carbocycles. The van der Waals surface area contributed by atoms with E-state index in [9.17, 15) is 9.59 Å². The quantitative estimate of drug-likeness (QED) is 0.899. The van der Waals surface area contributed by atoms with Crippen molar-refractivity contribution in [1.82, 2.24) is 14.7 Å². The number of aryl methyl sites for hydroxylation is 1. The van der Waals surface area contributed by atoms with Gasteiger partial charge in [0, 0.05) is 36.1 Å². The van der Waals surface area contributed by atoms with Crippen LogP contribution in [-0.4, -0.2) is 27.7 Å². The summed E-state index contributed by atoms with van der Waals surface area (Å²) in [6.07, 6.45) is 7.18. The molecule has 1 aliphatic rings. The topological polar surface area (TPSA) is 89.5 Å². The Bertz CT molecular complexity index is 729. The fourth-order valence-electron chi connectivity index (χ4n) is 3.24. The van der Waals surface area contributed by atoms with Gasteiger partial charge in [-0.15, -0.1) is 0 Å². The predicted octanol–water partition coefficient (Wildman–Crippen LogP) is 1.66. The van der Waals surface area contributed by atoms with E-state index in [-0.39, 0.29) is 17.7 Å². The molecule has 0 saturated heterocycles. The van der Waals surface area contributed by atoms with Gasteiger partial charge in [-0.3, -0.25) is 9.59 Å². The second kappa shape index (κ2) is 6.40. The first-order chi connectivity index (χ1) is 11.0. The Morgan fingerprint density at radius 3 is 2.78 bits per heavy atom. The number of hydrogen-bond acceptors (Lipinski definition) is 3. The summed E-state index contributed by atoms with van der Waals surface area (Å²) in [4.78, 5) is 27.7. The van der Waals surface area contributed by atoms with Gasteiger partial charge >= 0.3 is 0 Å². The normalized spacial score (nSPS) is 21.3. The number of fused-ring (bicyclic) bond motifs is 1. The van der Waals surface area contributed by atoms with Crippen molar-refractivity contribution >= 4 is 17.5 Å². The third-order valence-electron chi connectivity index (χ3n) is 4.76. The number of nitrogens with zero attached hydrogens (tertiary/aromatic N) is 2. The molecular weight excluding hydrogens is 292 g/mol. The molecule has 6 nitrogen and oxygen atoms in total. The molecule has 0 unspecified atom stereocenters. The lowest BCUT2D eigenvalue weighted by Crippen LogP contribution is -2.33. The van der Waals surface area contributed by atoms with Crippen LogP contribution in [0.15, 0.2) is 24.5 Å². The zero-order valence-corrected chi connectivity index (χ0v) is 13.3. The van der Waals surface area contributed by atoms with E-state index in [0.29, 0.717) is 18.0 Å². The zero-order chi connectivity index (χ0) is 16.4. The van der Waals surface area contributed by atoms with Crippen molar-refractivity contribution in [3.05, 3.63) is 35.8 Å². The van der Waals surface area contributed by atoms with E-state index in [0.717, 1.165) is 37.0 Å². The number of pyridine rings is 1. The Morgan fingerprint density at radius 2 is 2.09 bits per heavy atom. The summed E-state index contributed by atoms with van der Waals surface area (Å²) in [5.41, 5.74) is 7.78. The van der Waals surface area contributed by atoms with E-state index in [1.54, 1.807) is 18.3 Å². The molecule has 23 heavy (non-hydrogen) atoms. The monoisotopic (exact) mass is 314 g/mol. The molecule has 122 valence electrons. The third-order valence-corrected chi connectivity index (χ3v) is 4.76. The number of carbonyl (C=O) groups excluding carboxylic acids is 2. The number of hydrogen-bond donors (Lipinski definition) is 2. The first kappa shape index (κ1) is 15.5. The van der Waals surface area contributed by atoms with Gasteiger partial charge in [0.2, 0.25) is 5.91 Å². The van der Waals surface area contributed by atoms with Crippen LogP contribution in [0, 0.1) is 18.8 Å². The van der Waals surface area contributed by atoms with Crippen molar-refractivity contribution in [2.75, 3.05) is 6.54 Å². The average molecular weight is 314 g/mol. The maximum absolute atomic E-state index is 12.3. The summed E-state index contributed by atoms with van der Waals surface area (Å²) in [7, 11) is 0. The van der Waals surface area contributed by atoms with Crippen LogP contribution in [0.2, 0.25) is 0 Å². The first-order valence-corrected chi connectivity index (χ1v) is 8.06. The molecule has 0 atom stereocenters. The lowest BCUT2D eigenvalue weighted by atomic mass is 9.81. The van der Waals surface area contributed by atoms with Crippen molar-refractivity contribution in [3.8, 4) is 0 Å². The lowest BCUT2D eigenvalue weighted by molar-refractivity contribution is -0.122. The highest BCUT2D eigenvalue weighted by molar-refractivity contribution is 5.95. The number of nitrogens with one attached hydrogen (secondary N) is 1. The first-order valence-electron chi connectivity index (χ1n) is 8.06. The lowest BCUT2D eigenvalue weighted by Gasteiger charge is -2.26. The highest BCUT2D eigenvalue weighted by atomic mass is 16.2. The number of rotatable bonds is 4. The Morgan fingerprint density at radius 1 is 1.35 bits per heavy atom. The van der Waals surface area contributed by atoms with Gasteiger partial charge in [-0.2, -0.15) is 0 Å². The second-order valence-corrected chi connectivity index (χ2v) is 6.37. The molecule has 2 aromatic rings. The van der Waals surface area contributed by atoms with Gasteiger partial charge in [0.05, 0.1) is 0 Å². The van der Waals surface area contributed by atoms with Crippen molar-refractivity contribution in [1.29, 1.82) is 0 Å². The molecule has 1 saturated carbocycles. The molecule has 6 heteroatoms. The van der Waals surface area contributed by atoms with Gasteiger partial charge in [0.25, 0.3) is 5.91 Å². The van der Waals surface area contributed by atoms with Crippen LogP contribution in [0.25, 0.3) is 5.65 Å². The number of carbonyl (C=O) groups is 2. The minimum atomic E-state index is -0.198. The predicted molar refractivity (Wildman–Crippen MR) is 86.9 cm³/mol. The molecule has 3 rings (SSSR count). The number of imidazole rings is 1. The smallest absolute Gasteiger partial charge is 0.251 e. The standard InChI is InChI=1S/C17H22N4O2/c1-11-9-19-15-8-14(6-7-21(11)15)17(23)20-10-12-2-4-13(5-3-12)16(18)22/h6-9,12-13H,2-5,10H2,1H3,(H2,18,22)(H,20,23). The number of primary amides is 1. The molecule has 1 aliphatic carbocycles. The molecule has 0 radical (unpaired) electrons.